The van der Waals surface area contributed by atoms with Crippen molar-refractivity contribution in [3.63, 3.8) is 0 Å². The van der Waals surface area contributed by atoms with E-state index in [1.165, 1.54) is 12.0 Å². The molecule has 0 bridgehead atoms. The lowest BCUT2D eigenvalue weighted by molar-refractivity contribution is -0.140. The number of aromatic nitrogens is 1. The van der Waals surface area contributed by atoms with E-state index in [0.717, 1.165) is 0 Å². The zero-order valence-electron chi connectivity index (χ0n) is 15.8. The monoisotopic (exact) mass is 382 g/mol. The van der Waals surface area contributed by atoms with Crippen LogP contribution in [0, 0.1) is 0 Å². The predicted molar refractivity (Wildman–Crippen MR) is 103 cm³/mol. The van der Waals surface area contributed by atoms with Crippen LogP contribution in [0.4, 0.5) is 0 Å². The van der Waals surface area contributed by atoms with Gasteiger partial charge in [0.2, 0.25) is 0 Å². The molecule has 0 saturated carbocycles. The van der Waals surface area contributed by atoms with Gasteiger partial charge in [-0.3, -0.25) is 14.6 Å². The van der Waals surface area contributed by atoms with Gasteiger partial charge < -0.3 is 19.5 Å². The molecule has 2 aromatic rings. The maximum absolute atomic E-state index is 12.8. The molecular formula is C21H22N2O5. The molecule has 1 aromatic carbocycles. The third-order valence-corrected chi connectivity index (χ3v) is 4.65. The predicted octanol–water partition coefficient (Wildman–Crippen LogP) is 2.55. The smallest absolute Gasteiger partial charge is 0.295 e. The second-order valence-electron chi connectivity index (χ2n) is 6.35. The Morgan fingerprint density at radius 2 is 1.93 bits per heavy atom. The van der Waals surface area contributed by atoms with Crippen LogP contribution in [0.25, 0.3) is 5.76 Å². The van der Waals surface area contributed by atoms with E-state index in [2.05, 4.69) is 4.98 Å². The van der Waals surface area contributed by atoms with Gasteiger partial charge in [-0.1, -0.05) is 12.1 Å². The Bertz CT molecular complexity index is 895. The van der Waals surface area contributed by atoms with Crippen molar-refractivity contribution in [3.8, 4) is 5.75 Å². The van der Waals surface area contributed by atoms with Crippen molar-refractivity contribution < 1.29 is 24.2 Å². The van der Waals surface area contributed by atoms with Gasteiger partial charge in [0.1, 0.15) is 11.5 Å². The average Bonchev–Trinajstić information content (AvgIpc) is 2.99. The van der Waals surface area contributed by atoms with Crippen LogP contribution in [0.1, 0.15) is 23.6 Å². The van der Waals surface area contributed by atoms with E-state index >= 15 is 0 Å². The van der Waals surface area contributed by atoms with Gasteiger partial charge in [0.05, 0.1) is 18.7 Å². The Balaban J connectivity index is 2.10. The van der Waals surface area contributed by atoms with E-state index in [1.807, 2.05) is 0 Å². The lowest BCUT2D eigenvalue weighted by atomic mass is 9.96. The first-order valence-electron chi connectivity index (χ1n) is 8.90. The van der Waals surface area contributed by atoms with E-state index in [0.29, 0.717) is 36.4 Å². The van der Waals surface area contributed by atoms with Crippen molar-refractivity contribution in [2.24, 2.45) is 0 Å². The highest BCUT2D eigenvalue weighted by Crippen LogP contribution is 2.39. The topological polar surface area (TPSA) is 89.0 Å². The molecule has 1 aromatic heterocycles. The van der Waals surface area contributed by atoms with Gasteiger partial charge in [-0.15, -0.1) is 0 Å². The summed E-state index contributed by atoms with van der Waals surface area (Å²) in [7, 11) is 3.10. The number of aliphatic hydroxyl groups is 1. The highest BCUT2D eigenvalue weighted by molar-refractivity contribution is 6.46. The first kappa shape index (κ1) is 19.6. The number of likely N-dealkylation sites (tertiary alicyclic amines) is 1. The van der Waals surface area contributed by atoms with E-state index < -0.39 is 17.7 Å². The minimum atomic E-state index is -0.709. The second-order valence-corrected chi connectivity index (χ2v) is 6.35. The number of carbonyl (C=O) groups is 2. The van der Waals surface area contributed by atoms with Gasteiger partial charge in [0.25, 0.3) is 11.7 Å². The number of ether oxygens (including phenoxy) is 2. The standard InChI is InChI=1S/C21H22N2O5/c1-27-12-4-11-23-18(14-7-9-22-10-8-14)17(20(25)21(23)26)19(24)15-5-3-6-16(13-15)28-2/h3,5-10,13,18,24H,4,11-12H2,1-2H3/t18-/m1/s1. The molecule has 0 unspecified atom stereocenters. The van der Waals surface area contributed by atoms with Gasteiger partial charge in [0.15, 0.2) is 0 Å². The van der Waals surface area contributed by atoms with Gasteiger partial charge in [-0.2, -0.15) is 0 Å². The van der Waals surface area contributed by atoms with Crippen molar-refractivity contribution >= 4 is 17.4 Å². The molecule has 7 heteroatoms. The average molecular weight is 382 g/mol. The van der Waals surface area contributed by atoms with Crippen LogP contribution in [0.3, 0.4) is 0 Å². The number of aliphatic hydroxyl groups excluding tert-OH is 1. The van der Waals surface area contributed by atoms with Gasteiger partial charge in [-0.25, -0.2) is 0 Å². The van der Waals surface area contributed by atoms with Crippen molar-refractivity contribution in [2.75, 3.05) is 27.4 Å². The lowest BCUT2D eigenvalue weighted by Gasteiger charge is -2.25. The zero-order valence-corrected chi connectivity index (χ0v) is 15.8. The molecule has 1 atom stereocenters. The largest absolute Gasteiger partial charge is 0.507 e. The zero-order chi connectivity index (χ0) is 20.1. The second kappa shape index (κ2) is 8.67. The third-order valence-electron chi connectivity index (χ3n) is 4.65. The van der Waals surface area contributed by atoms with Gasteiger partial charge in [-0.05, 0) is 36.2 Å². The minimum absolute atomic E-state index is 0.0573. The maximum atomic E-state index is 12.8. The summed E-state index contributed by atoms with van der Waals surface area (Å²) in [6, 6.07) is 9.52. The summed E-state index contributed by atoms with van der Waals surface area (Å²) in [5.74, 6) is -1.03. The molecule has 1 N–H and O–H groups in total. The Kier molecular flexibility index (Phi) is 6.06. The summed E-state index contributed by atoms with van der Waals surface area (Å²) < 4.78 is 10.3. The van der Waals surface area contributed by atoms with Crippen LogP contribution < -0.4 is 4.74 Å². The van der Waals surface area contributed by atoms with E-state index in [4.69, 9.17) is 9.47 Å². The van der Waals surface area contributed by atoms with Crippen LogP contribution in [0.2, 0.25) is 0 Å². The Morgan fingerprint density at radius 1 is 1.18 bits per heavy atom. The van der Waals surface area contributed by atoms with Crippen molar-refractivity contribution in [2.45, 2.75) is 12.5 Å². The summed E-state index contributed by atoms with van der Waals surface area (Å²) in [4.78, 5) is 31.0. The number of methoxy groups -OCH3 is 2. The quantitative estimate of drug-likeness (QED) is 0.343. The van der Waals surface area contributed by atoms with Crippen LogP contribution in [0.5, 0.6) is 5.75 Å². The number of rotatable bonds is 7. The summed E-state index contributed by atoms with van der Waals surface area (Å²) >= 11 is 0. The van der Waals surface area contributed by atoms with Crippen LogP contribution in [0.15, 0.2) is 54.4 Å². The van der Waals surface area contributed by atoms with E-state index in [-0.39, 0.29) is 11.3 Å². The number of ketones is 1. The van der Waals surface area contributed by atoms with Gasteiger partial charge >= 0.3 is 0 Å². The van der Waals surface area contributed by atoms with E-state index in [1.54, 1.807) is 55.9 Å². The highest BCUT2D eigenvalue weighted by Gasteiger charge is 2.45. The number of hydrogen-bond donors (Lipinski definition) is 1. The van der Waals surface area contributed by atoms with E-state index in [9.17, 15) is 14.7 Å². The molecule has 1 aliphatic heterocycles. The normalized spacial score (nSPS) is 18.5. The first-order valence-corrected chi connectivity index (χ1v) is 8.90. The van der Waals surface area contributed by atoms with Crippen molar-refractivity contribution in [1.82, 2.24) is 9.88 Å². The Morgan fingerprint density at radius 3 is 2.61 bits per heavy atom. The number of Topliss-reactive ketones (excluding diaryl/α,β-unsaturated/α-hetero) is 1. The fourth-order valence-corrected chi connectivity index (χ4v) is 3.31. The maximum Gasteiger partial charge on any atom is 0.295 e. The number of hydrogen-bond acceptors (Lipinski definition) is 6. The number of amides is 1. The molecule has 1 fully saturated rings. The molecule has 1 amide bonds. The molecule has 28 heavy (non-hydrogen) atoms. The first-order chi connectivity index (χ1) is 13.6. The Hall–Kier alpha value is -3.19. The molecule has 7 nitrogen and oxygen atoms in total. The van der Waals surface area contributed by atoms with Crippen molar-refractivity contribution in [3.05, 3.63) is 65.5 Å². The minimum Gasteiger partial charge on any atom is -0.507 e. The molecule has 1 aliphatic rings. The van der Waals surface area contributed by atoms with Crippen LogP contribution in [-0.4, -0.2) is 54.1 Å². The molecule has 0 aliphatic carbocycles. The highest BCUT2D eigenvalue weighted by atomic mass is 16.5. The van der Waals surface area contributed by atoms with Gasteiger partial charge in [0, 0.05) is 38.2 Å². The molecule has 146 valence electrons. The van der Waals surface area contributed by atoms with Crippen LogP contribution >= 0.6 is 0 Å². The van der Waals surface area contributed by atoms with Crippen molar-refractivity contribution in [1.29, 1.82) is 0 Å². The number of pyridine rings is 1. The molecule has 1 saturated heterocycles. The summed E-state index contributed by atoms with van der Waals surface area (Å²) in [6.07, 6.45) is 3.76. The van der Waals surface area contributed by atoms with Crippen LogP contribution in [-0.2, 0) is 14.3 Å². The fraction of sp³-hybridized carbons (Fsp3) is 0.286. The summed E-state index contributed by atoms with van der Waals surface area (Å²) in [5, 5.41) is 10.9. The molecule has 0 radical (unpaired) electrons. The SMILES string of the molecule is COCCCN1C(=O)C(=O)C(=C(O)c2cccc(OC)c2)[C@H]1c1ccncc1. The third kappa shape index (κ3) is 3.75. The fourth-order valence-electron chi connectivity index (χ4n) is 3.31. The summed E-state index contributed by atoms with van der Waals surface area (Å²) in [6.45, 7) is 0.794. The Labute approximate surface area is 163 Å². The summed E-state index contributed by atoms with van der Waals surface area (Å²) in [5.41, 5.74) is 1.17. The molecule has 2 heterocycles. The number of carbonyl (C=O) groups excluding carboxylic acids is 2. The number of nitrogens with zero attached hydrogens (tertiary/aromatic N) is 2. The lowest BCUT2D eigenvalue weighted by Crippen LogP contribution is -2.31. The molecular weight excluding hydrogens is 360 g/mol. The molecule has 3 rings (SSSR count). The molecule has 0 spiro atoms. The number of benzene rings is 1.